The van der Waals surface area contributed by atoms with Gasteiger partial charge in [0.2, 0.25) is 5.91 Å². The minimum Gasteiger partial charge on any atom is -0.337 e. The standard InChI is InChI=1S/C14H8ClFN4O/c15-13-7(6-17)4-9(16)14(20-13)19-11-3-1-2-10-8(11)5-12(21)18-10/h1-4H,5H2,(H,18,21)(H,19,20). The molecule has 0 bridgehead atoms. The van der Waals surface area contributed by atoms with Gasteiger partial charge in [-0.3, -0.25) is 4.79 Å². The van der Waals surface area contributed by atoms with Crippen LogP contribution in [-0.2, 0) is 11.2 Å². The van der Waals surface area contributed by atoms with Gasteiger partial charge in [-0.1, -0.05) is 17.7 Å². The van der Waals surface area contributed by atoms with Gasteiger partial charge in [-0.25, -0.2) is 9.37 Å². The lowest BCUT2D eigenvalue weighted by atomic mass is 10.1. The first-order chi connectivity index (χ1) is 10.1. The van der Waals surface area contributed by atoms with Gasteiger partial charge in [0.25, 0.3) is 0 Å². The molecular formula is C14H8ClFN4O. The van der Waals surface area contributed by atoms with Crippen molar-refractivity contribution in [1.29, 1.82) is 5.26 Å². The summed E-state index contributed by atoms with van der Waals surface area (Å²) in [5.41, 5.74) is 1.96. The summed E-state index contributed by atoms with van der Waals surface area (Å²) < 4.78 is 13.9. The number of carbonyl (C=O) groups excluding carboxylic acids is 1. The molecule has 1 aromatic carbocycles. The third-order valence-electron chi connectivity index (χ3n) is 3.09. The molecule has 0 spiro atoms. The van der Waals surface area contributed by atoms with Gasteiger partial charge in [0.1, 0.15) is 11.2 Å². The number of nitrogens with one attached hydrogen (secondary N) is 2. The molecule has 2 aromatic rings. The second kappa shape index (κ2) is 5.04. The molecule has 0 aliphatic carbocycles. The van der Waals surface area contributed by atoms with Gasteiger partial charge in [0.15, 0.2) is 11.6 Å². The lowest BCUT2D eigenvalue weighted by Crippen LogP contribution is -2.04. The first kappa shape index (κ1) is 13.3. The Balaban J connectivity index is 2.00. The van der Waals surface area contributed by atoms with E-state index in [0.717, 1.165) is 11.6 Å². The molecule has 21 heavy (non-hydrogen) atoms. The summed E-state index contributed by atoms with van der Waals surface area (Å²) in [5, 5.41) is 14.2. The van der Waals surface area contributed by atoms with Crippen LogP contribution in [0.5, 0.6) is 0 Å². The minimum atomic E-state index is -0.689. The number of fused-ring (bicyclic) bond motifs is 1. The molecule has 1 aromatic heterocycles. The molecule has 2 heterocycles. The number of amides is 1. The first-order valence-corrected chi connectivity index (χ1v) is 6.41. The number of aromatic nitrogens is 1. The Morgan fingerprint density at radius 1 is 1.48 bits per heavy atom. The van der Waals surface area contributed by atoms with E-state index in [9.17, 15) is 9.18 Å². The number of halogens is 2. The predicted molar refractivity (Wildman–Crippen MR) is 76.0 cm³/mol. The maximum absolute atomic E-state index is 13.9. The zero-order valence-corrected chi connectivity index (χ0v) is 11.3. The van der Waals surface area contributed by atoms with E-state index in [1.807, 2.05) is 0 Å². The Labute approximate surface area is 124 Å². The summed E-state index contributed by atoms with van der Waals surface area (Å²) >= 11 is 5.80. The molecule has 1 aliphatic heterocycles. The highest BCUT2D eigenvalue weighted by molar-refractivity contribution is 6.30. The summed E-state index contributed by atoms with van der Waals surface area (Å²) in [6.07, 6.45) is 0.212. The van der Waals surface area contributed by atoms with E-state index in [-0.39, 0.29) is 28.9 Å². The topological polar surface area (TPSA) is 77.8 Å². The number of nitriles is 1. The molecule has 0 saturated heterocycles. The molecule has 0 radical (unpaired) electrons. The summed E-state index contributed by atoms with van der Waals surface area (Å²) in [6, 6.07) is 7.99. The van der Waals surface area contributed by atoms with Crippen molar-refractivity contribution < 1.29 is 9.18 Å². The smallest absolute Gasteiger partial charge is 0.228 e. The molecule has 2 N–H and O–H groups in total. The van der Waals surface area contributed by atoms with Gasteiger partial charge in [0.05, 0.1) is 12.0 Å². The molecule has 1 aliphatic rings. The molecule has 3 rings (SSSR count). The summed E-state index contributed by atoms with van der Waals surface area (Å²) in [5.74, 6) is -0.900. The number of rotatable bonds is 2. The lowest BCUT2D eigenvalue weighted by molar-refractivity contribution is -0.115. The Morgan fingerprint density at radius 2 is 2.29 bits per heavy atom. The van der Waals surface area contributed by atoms with Crippen LogP contribution in [-0.4, -0.2) is 10.9 Å². The van der Waals surface area contributed by atoms with E-state index >= 15 is 0 Å². The fourth-order valence-electron chi connectivity index (χ4n) is 2.13. The van der Waals surface area contributed by atoms with Gasteiger partial charge in [-0.05, 0) is 18.2 Å². The highest BCUT2D eigenvalue weighted by Crippen LogP contribution is 2.32. The maximum atomic E-state index is 13.9. The normalized spacial score (nSPS) is 12.5. The summed E-state index contributed by atoms with van der Waals surface area (Å²) in [7, 11) is 0. The van der Waals surface area contributed by atoms with Crippen LogP contribution in [0.15, 0.2) is 24.3 Å². The number of carbonyl (C=O) groups is 1. The molecule has 1 amide bonds. The van der Waals surface area contributed by atoms with E-state index in [1.165, 1.54) is 0 Å². The van der Waals surface area contributed by atoms with Crippen LogP contribution >= 0.6 is 11.6 Å². The van der Waals surface area contributed by atoms with E-state index < -0.39 is 5.82 Å². The number of pyridine rings is 1. The Hall–Kier alpha value is -2.65. The van der Waals surface area contributed by atoms with Crippen LogP contribution < -0.4 is 10.6 Å². The fraction of sp³-hybridized carbons (Fsp3) is 0.0714. The molecule has 104 valence electrons. The van der Waals surface area contributed by atoms with E-state index in [0.29, 0.717) is 11.4 Å². The third-order valence-corrected chi connectivity index (χ3v) is 3.38. The summed E-state index contributed by atoms with van der Waals surface area (Å²) in [4.78, 5) is 15.3. The van der Waals surface area contributed by atoms with E-state index in [4.69, 9.17) is 16.9 Å². The number of benzene rings is 1. The predicted octanol–water partition coefficient (Wildman–Crippen LogP) is 2.98. The quantitative estimate of drug-likeness (QED) is 0.836. The van der Waals surface area contributed by atoms with Crippen molar-refractivity contribution in [1.82, 2.24) is 4.98 Å². The number of hydrogen-bond acceptors (Lipinski definition) is 4. The maximum Gasteiger partial charge on any atom is 0.228 e. The Bertz CT molecular complexity index is 800. The summed E-state index contributed by atoms with van der Waals surface area (Å²) in [6.45, 7) is 0. The molecule has 0 atom stereocenters. The average Bonchev–Trinajstić information content (AvgIpc) is 2.84. The Kier molecular flexibility index (Phi) is 3.20. The van der Waals surface area contributed by atoms with Crippen LogP contribution in [0.1, 0.15) is 11.1 Å². The van der Waals surface area contributed by atoms with E-state index in [1.54, 1.807) is 24.3 Å². The van der Waals surface area contributed by atoms with Crippen molar-refractivity contribution >= 4 is 34.7 Å². The van der Waals surface area contributed by atoms with Gasteiger partial charge in [-0.2, -0.15) is 5.26 Å². The van der Waals surface area contributed by atoms with Crippen molar-refractivity contribution in [3.63, 3.8) is 0 Å². The number of nitrogens with zero attached hydrogens (tertiary/aromatic N) is 2. The zero-order valence-electron chi connectivity index (χ0n) is 10.6. The van der Waals surface area contributed by atoms with E-state index in [2.05, 4.69) is 15.6 Å². The molecular weight excluding hydrogens is 295 g/mol. The van der Waals surface area contributed by atoms with Crippen molar-refractivity contribution in [2.75, 3.05) is 10.6 Å². The highest BCUT2D eigenvalue weighted by Gasteiger charge is 2.21. The van der Waals surface area contributed by atoms with Crippen LogP contribution in [0.4, 0.5) is 21.6 Å². The zero-order chi connectivity index (χ0) is 15.0. The lowest BCUT2D eigenvalue weighted by Gasteiger charge is -2.11. The van der Waals surface area contributed by atoms with Crippen LogP contribution in [0, 0.1) is 17.1 Å². The SMILES string of the molecule is N#Cc1cc(F)c(Nc2cccc3c2CC(=O)N3)nc1Cl. The molecule has 0 saturated carbocycles. The van der Waals surface area contributed by atoms with Crippen LogP contribution in [0.25, 0.3) is 0 Å². The molecule has 0 fully saturated rings. The van der Waals surface area contributed by atoms with Gasteiger partial charge in [0, 0.05) is 16.9 Å². The fourth-order valence-corrected chi connectivity index (χ4v) is 2.31. The number of hydrogen-bond donors (Lipinski definition) is 2. The second-order valence-electron chi connectivity index (χ2n) is 4.45. The van der Waals surface area contributed by atoms with Crippen LogP contribution in [0.3, 0.4) is 0 Å². The first-order valence-electron chi connectivity index (χ1n) is 6.03. The third kappa shape index (κ3) is 2.39. The van der Waals surface area contributed by atoms with Crippen LogP contribution in [0.2, 0.25) is 5.15 Å². The van der Waals surface area contributed by atoms with Crippen molar-refractivity contribution in [3.05, 3.63) is 46.4 Å². The van der Waals surface area contributed by atoms with Gasteiger partial charge < -0.3 is 10.6 Å². The van der Waals surface area contributed by atoms with Crippen molar-refractivity contribution in [2.24, 2.45) is 0 Å². The second-order valence-corrected chi connectivity index (χ2v) is 4.81. The number of anilines is 3. The Morgan fingerprint density at radius 3 is 3.05 bits per heavy atom. The van der Waals surface area contributed by atoms with Crippen molar-refractivity contribution in [3.8, 4) is 6.07 Å². The largest absolute Gasteiger partial charge is 0.337 e. The minimum absolute atomic E-state index is 0.0325. The van der Waals surface area contributed by atoms with Gasteiger partial charge >= 0.3 is 0 Å². The average molecular weight is 303 g/mol. The molecule has 7 heteroatoms. The van der Waals surface area contributed by atoms with Crippen molar-refractivity contribution in [2.45, 2.75) is 6.42 Å². The highest BCUT2D eigenvalue weighted by atomic mass is 35.5. The monoisotopic (exact) mass is 302 g/mol. The molecule has 0 unspecified atom stereocenters. The molecule has 5 nitrogen and oxygen atoms in total. The van der Waals surface area contributed by atoms with Gasteiger partial charge in [-0.15, -0.1) is 0 Å².